The van der Waals surface area contributed by atoms with Gasteiger partial charge in [-0.15, -0.1) is 0 Å². The number of nitrogens with one attached hydrogen (secondary N) is 2. The molecule has 0 unspecified atom stereocenters. The maximum Gasteiger partial charge on any atom is 0.261 e. The van der Waals surface area contributed by atoms with Crippen molar-refractivity contribution in [2.75, 3.05) is 5.32 Å². The third-order valence-corrected chi connectivity index (χ3v) is 2.51. The van der Waals surface area contributed by atoms with Gasteiger partial charge >= 0.3 is 0 Å². The summed E-state index contributed by atoms with van der Waals surface area (Å²) in [6.45, 7) is 1.60. The fraction of sp³-hybridized carbons (Fsp3) is 0.0769. The van der Waals surface area contributed by atoms with Gasteiger partial charge in [0.2, 0.25) is 0 Å². The number of hydrogen-bond acceptors (Lipinski definition) is 2. The van der Waals surface area contributed by atoms with Crippen molar-refractivity contribution < 1.29 is 9.18 Å². The fourth-order valence-electron chi connectivity index (χ4n) is 1.53. The van der Waals surface area contributed by atoms with E-state index in [4.69, 9.17) is 0 Å². The van der Waals surface area contributed by atoms with E-state index in [0.717, 1.165) is 0 Å². The van der Waals surface area contributed by atoms with Crippen LogP contribution in [0.3, 0.4) is 0 Å². The predicted octanol–water partition coefficient (Wildman–Crippen LogP) is 2.07. The first kappa shape index (κ1) is 12.0. The maximum atomic E-state index is 13.7. The Balaban J connectivity index is 2.30. The minimum atomic E-state index is -0.638. The molecule has 0 atom stereocenters. The fourth-order valence-corrected chi connectivity index (χ4v) is 1.53. The molecule has 0 radical (unpaired) electrons. The zero-order chi connectivity index (χ0) is 13.1. The molecule has 0 aliphatic carbocycles. The van der Waals surface area contributed by atoms with Gasteiger partial charge in [0, 0.05) is 18.5 Å². The molecule has 4 nitrogen and oxygen atoms in total. The minimum absolute atomic E-state index is 0.0570. The van der Waals surface area contributed by atoms with Crippen molar-refractivity contribution >= 4 is 11.6 Å². The van der Waals surface area contributed by atoms with Crippen LogP contribution in [-0.4, -0.2) is 10.9 Å². The number of hydrogen-bond donors (Lipinski definition) is 2. The molecular weight excluding hydrogens is 235 g/mol. The highest BCUT2D eigenvalue weighted by molar-refractivity contribution is 6.04. The molecular formula is C13H11FN2O2. The summed E-state index contributed by atoms with van der Waals surface area (Å²) in [6, 6.07) is 5.91. The van der Waals surface area contributed by atoms with Crippen LogP contribution < -0.4 is 10.7 Å². The lowest BCUT2D eigenvalue weighted by Crippen LogP contribution is -2.21. The first-order valence-corrected chi connectivity index (χ1v) is 5.33. The number of aromatic amines is 1. The first-order chi connectivity index (χ1) is 8.59. The molecule has 0 saturated carbocycles. The summed E-state index contributed by atoms with van der Waals surface area (Å²) in [5, 5.41) is 2.37. The van der Waals surface area contributed by atoms with Crippen LogP contribution >= 0.6 is 0 Å². The second kappa shape index (κ2) is 4.83. The van der Waals surface area contributed by atoms with Crippen LogP contribution in [0, 0.1) is 12.7 Å². The zero-order valence-electron chi connectivity index (χ0n) is 9.66. The average molecular weight is 246 g/mol. The summed E-state index contributed by atoms with van der Waals surface area (Å²) in [5.74, 6) is -1.14. The van der Waals surface area contributed by atoms with Gasteiger partial charge in [-0.3, -0.25) is 9.59 Å². The van der Waals surface area contributed by atoms with E-state index in [1.807, 2.05) is 0 Å². The number of rotatable bonds is 2. The van der Waals surface area contributed by atoms with E-state index in [1.54, 1.807) is 19.1 Å². The molecule has 0 aliphatic heterocycles. The van der Waals surface area contributed by atoms with Crippen molar-refractivity contribution in [2.24, 2.45) is 0 Å². The van der Waals surface area contributed by atoms with Gasteiger partial charge in [-0.1, -0.05) is 12.1 Å². The molecule has 5 heteroatoms. The number of pyridine rings is 1. The largest absolute Gasteiger partial charge is 0.367 e. The van der Waals surface area contributed by atoms with Gasteiger partial charge in [0.25, 0.3) is 5.91 Å². The number of aryl methyl sites for hydroxylation is 1. The molecule has 1 aromatic carbocycles. The Morgan fingerprint density at radius 3 is 2.83 bits per heavy atom. The van der Waals surface area contributed by atoms with Crippen LogP contribution in [0.15, 0.2) is 41.5 Å². The Morgan fingerprint density at radius 2 is 2.11 bits per heavy atom. The van der Waals surface area contributed by atoms with E-state index >= 15 is 0 Å². The molecule has 2 aromatic rings. The Labute approximate surface area is 102 Å². The highest BCUT2D eigenvalue weighted by atomic mass is 19.1. The summed E-state index contributed by atoms with van der Waals surface area (Å²) in [5.41, 5.74) is 0.00995. The average Bonchev–Trinajstić information content (AvgIpc) is 2.35. The lowest BCUT2D eigenvalue weighted by molar-refractivity contribution is 0.102. The van der Waals surface area contributed by atoms with Crippen LogP contribution in [0.25, 0.3) is 0 Å². The summed E-state index contributed by atoms with van der Waals surface area (Å²) in [4.78, 5) is 25.9. The van der Waals surface area contributed by atoms with E-state index in [1.165, 1.54) is 24.5 Å². The highest BCUT2D eigenvalue weighted by Gasteiger charge is 2.12. The number of amides is 1. The van der Waals surface area contributed by atoms with Crippen molar-refractivity contribution in [1.29, 1.82) is 0 Å². The second-order valence-electron chi connectivity index (χ2n) is 3.81. The van der Waals surface area contributed by atoms with Crippen LogP contribution in [0.2, 0.25) is 0 Å². The summed E-state index contributed by atoms with van der Waals surface area (Å²) in [7, 11) is 0. The van der Waals surface area contributed by atoms with Crippen LogP contribution in [0.1, 0.15) is 15.9 Å². The monoisotopic (exact) mass is 246 g/mol. The molecule has 0 bridgehead atoms. The van der Waals surface area contributed by atoms with E-state index < -0.39 is 17.2 Å². The van der Waals surface area contributed by atoms with E-state index in [9.17, 15) is 14.0 Å². The number of carbonyl (C=O) groups is 1. The molecule has 2 N–H and O–H groups in total. The summed E-state index contributed by atoms with van der Waals surface area (Å²) < 4.78 is 13.7. The van der Waals surface area contributed by atoms with Crippen molar-refractivity contribution in [3.63, 3.8) is 0 Å². The lowest BCUT2D eigenvalue weighted by Gasteiger charge is -2.07. The molecule has 1 amide bonds. The van der Waals surface area contributed by atoms with Gasteiger partial charge in [0.05, 0.1) is 5.69 Å². The van der Waals surface area contributed by atoms with E-state index in [2.05, 4.69) is 10.3 Å². The molecule has 92 valence electrons. The minimum Gasteiger partial charge on any atom is -0.367 e. The predicted molar refractivity (Wildman–Crippen MR) is 66.2 cm³/mol. The Hall–Kier alpha value is -2.43. The molecule has 18 heavy (non-hydrogen) atoms. The Morgan fingerprint density at radius 1 is 1.33 bits per heavy atom. The molecule has 0 aliphatic rings. The number of benzene rings is 1. The number of carbonyl (C=O) groups excluding carboxylic acids is 1. The van der Waals surface area contributed by atoms with Crippen LogP contribution in [0.4, 0.5) is 10.1 Å². The van der Waals surface area contributed by atoms with Crippen molar-refractivity contribution in [1.82, 2.24) is 4.98 Å². The van der Waals surface area contributed by atoms with Gasteiger partial charge in [0.15, 0.2) is 5.43 Å². The highest BCUT2D eigenvalue weighted by Crippen LogP contribution is 2.17. The third-order valence-electron chi connectivity index (χ3n) is 2.51. The van der Waals surface area contributed by atoms with Gasteiger partial charge in [-0.2, -0.15) is 0 Å². The second-order valence-corrected chi connectivity index (χ2v) is 3.81. The van der Waals surface area contributed by atoms with Gasteiger partial charge < -0.3 is 10.3 Å². The molecule has 1 aromatic heterocycles. The maximum absolute atomic E-state index is 13.7. The first-order valence-electron chi connectivity index (χ1n) is 5.33. The SMILES string of the molecule is Cc1cccc(NC(=O)c2c[nH]ccc2=O)c1F. The lowest BCUT2D eigenvalue weighted by atomic mass is 10.2. The third kappa shape index (κ3) is 2.29. The van der Waals surface area contributed by atoms with Crippen molar-refractivity contribution in [2.45, 2.75) is 6.92 Å². The van der Waals surface area contributed by atoms with Gasteiger partial charge in [-0.25, -0.2) is 4.39 Å². The number of aromatic nitrogens is 1. The number of H-pyrrole nitrogens is 1. The molecule has 1 heterocycles. The molecule has 0 fully saturated rings. The summed E-state index contributed by atoms with van der Waals surface area (Å²) >= 11 is 0. The van der Waals surface area contributed by atoms with Crippen LogP contribution in [-0.2, 0) is 0 Å². The smallest absolute Gasteiger partial charge is 0.261 e. The standard InChI is InChI=1S/C13H11FN2O2/c1-8-3-2-4-10(12(8)14)16-13(18)9-7-15-6-5-11(9)17/h2-7H,1H3,(H,15,17)(H,16,18). The van der Waals surface area contributed by atoms with Crippen molar-refractivity contribution in [3.05, 3.63) is 63.8 Å². The topological polar surface area (TPSA) is 62.0 Å². The van der Waals surface area contributed by atoms with Gasteiger partial charge in [-0.05, 0) is 18.6 Å². The van der Waals surface area contributed by atoms with E-state index in [-0.39, 0.29) is 11.3 Å². The zero-order valence-corrected chi connectivity index (χ0v) is 9.66. The van der Waals surface area contributed by atoms with E-state index in [0.29, 0.717) is 5.56 Å². The summed E-state index contributed by atoms with van der Waals surface area (Å²) in [6.07, 6.45) is 2.71. The van der Waals surface area contributed by atoms with Gasteiger partial charge in [0.1, 0.15) is 11.4 Å². The Bertz CT molecular complexity index is 649. The Kier molecular flexibility index (Phi) is 3.23. The molecule has 2 rings (SSSR count). The molecule has 0 spiro atoms. The molecule has 0 saturated heterocycles. The number of halogens is 1. The van der Waals surface area contributed by atoms with Crippen molar-refractivity contribution in [3.8, 4) is 0 Å². The van der Waals surface area contributed by atoms with Crippen LogP contribution in [0.5, 0.6) is 0 Å². The quantitative estimate of drug-likeness (QED) is 0.852. The number of anilines is 1. The normalized spacial score (nSPS) is 10.1.